The average molecular weight is 375 g/mol. The second kappa shape index (κ2) is 9.86. The number of hydrogen-bond donors (Lipinski definition) is 1. The Hall–Kier alpha value is -1.69. The molecule has 0 spiro atoms. The van der Waals surface area contributed by atoms with Crippen molar-refractivity contribution < 1.29 is 4.79 Å². The first kappa shape index (κ1) is 19.1. The highest BCUT2D eigenvalue weighted by atomic mass is 32.2. The summed E-state index contributed by atoms with van der Waals surface area (Å²) in [6.45, 7) is 4.19. The molecule has 26 heavy (non-hydrogen) atoms. The van der Waals surface area contributed by atoms with Crippen molar-refractivity contribution in [1.82, 2.24) is 15.1 Å². The van der Waals surface area contributed by atoms with Crippen molar-refractivity contribution in [2.24, 2.45) is 10.9 Å². The van der Waals surface area contributed by atoms with Gasteiger partial charge in [0.1, 0.15) is 0 Å². The van der Waals surface area contributed by atoms with Crippen molar-refractivity contribution in [2.45, 2.75) is 30.6 Å². The van der Waals surface area contributed by atoms with Crippen LogP contribution in [0.4, 0.5) is 0 Å². The largest absolute Gasteiger partial charge is 0.347 e. The molecule has 0 bridgehead atoms. The van der Waals surface area contributed by atoms with Gasteiger partial charge in [0.15, 0.2) is 5.96 Å². The van der Waals surface area contributed by atoms with E-state index in [-0.39, 0.29) is 5.91 Å². The van der Waals surface area contributed by atoms with Gasteiger partial charge in [-0.2, -0.15) is 0 Å². The predicted molar refractivity (Wildman–Crippen MR) is 109 cm³/mol. The van der Waals surface area contributed by atoms with E-state index in [9.17, 15) is 4.79 Å². The summed E-state index contributed by atoms with van der Waals surface area (Å²) in [4.78, 5) is 22.3. The molecule has 1 atom stereocenters. The molecule has 3 rings (SSSR count). The Morgan fingerprint density at radius 1 is 1.15 bits per heavy atom. The summed E-state index contributed by atoms with van der Waals surface area (Å²) < 4.78 is 0. The van der Waals surface area contributed by atoms with Crippen LogP contribution >= 0.6 is 11.8 Å². The lowest BCUT2D eigenvalue weighted by Crippen LogP contribution is -2.47. The van der Waals surface area contributed by atoms with Crippen molar-refractivity contribution in [3.05, 3.63) is 30.3 Å². The Kier molecular flexibility index (Phi) is 7.23. The van der Waals surface area contributed by atoms with Gasteiger partial charge in [-0.25, -0.2) is 0 Å². The third-order valence-corrected chi connectivity index (χ3v) is 6.38. The van der Waals surface area contributed by atoms with Crippen molar-refractivity contribution in [3.8, 4) is 0 Å². The molecule has 142 valence electrons. The van der Waals surface area contributed by atoms with Gasteiger partial charge >= 0.3 is 0 Å². The van der Waals surface area contributed by atoms with Gasteiger partial charge in [0.2, 0.25) is 5.91 Å². The lowest BCUT2D eigenvalue weighted by atomic mass is 10.1. The number of likely N-dealkylation sites (tertiary alicyclic amines) is 2. The zero-order valence-electron chi connectivity index (χ0n) is 15.7. The van der Waals surface area contributed by atoms with Crippen LogP contribution in [0.5, 0.6) is 0 Å². The summed E-state index contributed by atoms with van der Waals surface area (Å²) in [6.07, 6.45) is 4.69. The van der Waals surface area contributed by atoms with Crippen LogP contribution in [-0.2, 0) is 4.79 Å². The van der Waals surface area contributed by atoms with Crippen molar-refractivity contribution in [3.63, 3.8) is 0 Å². The third kappa shape index (κ3) is 5.40. The Morgan fingerprint density at radius 2 is 1.92 bits per heavy atom. The molecule has 2 aliphatic heterocycles. The Morgan fingerprint density at radius 3 is 2.65 bits per heavy atom. The standard InChI is InChI=1S/C20H30N4OS/c1-21-20(22-14-19(25)23-11-6-3-7-12-23)24-13-10-17(15-24)16-26-18-8-4-2-5-9-18/h2,4-5,8-9,17H,3,6-7,10-16H2,1H3,(H,21,22). The Labute approximate surface area is 161 Å². The van der Waals surface area contributed by atoms with Gasteiger partial charge in [-0.3, -0.25) is 9.79 Å². The first-order chi connectivity index (χ1) is 12.8. The van der Waals surface area contributed by atoms with Crippen LogP contribution in [0.3, 0.4) is 0 Å². The van der Waals surface area contributed by atoms with E-state index in [2.05, 4.69) is 45.5 Å². The molecule has 5 nitrogen and oxygen atoms in total. The molecule has 2 fully saturated rings. The molecule has 0 saturated carbocycles. The minimum Gasteiger partial charge on any atom is -0.347 e. The average Bonchev–Trinajstić information content (AvgIpc) is 3.17. The van der Waals surface area contributed by atoms with Crippen LogP contribution in [-0.4, -0.2) is 67.2 Å². The van der Waals surface area contributed by atoms with E-state index >= 15 is 0 Å². The number of guanidine groups is 1. The summed E-state index contributed by atoms with van der Waals surface area (Å²) in [6, 6.07) is 10.6. The number of carbonyl (C=O) groups excluding carboxylic acids is 1. The van der Waals surface area contributed by atoms with Crippen molar-refractivity contribution >= 4 is 23.6 Å². The number of amides is 1. The fourth-order valence-electron chi connectivity index (χ4n) is 3.63. The summed E-state index contributed by atoms with van der Waals surface area (Å²) in [5.74, 6) is 2.85. The number of hydrogen-bond acceptors (Lipinski definition) is 3. The molecular weight excluding hydrogens is 344 g/mol. The maximum atomic E-state index is 12.3. The SMILES string of the molecule is CN=C(NCC(=O)N1CCCCC1)N1CCC(CSc2ccccc2)C1. The third-order valence-electron chi connectivity index (χ3n) is 5.13. The number of rotatable bonds is 5. The molecule has 0 aliphatic carbocycles. The molecule has 1 amide bonds. The highest BCUT2D eigenvalue weighted by Crippen LogP contribution is 2.25. The van der Waals surface area contributed by atoms with Gasteiger partial charge in [0.25, 0.3) is 0 Å². The number of thioether (sulfide) groups is 1. The van der Waals surface area contributed by atoms with E-state index in [1.165, 1.54) is 17.7 Å². The number of carbonyl (C=O) groups is 1. The molecule has 1 N–H and O–H groups in total. The number of benzene rings is 1. The van der Waals surface area contributed by atoms with Crippen LogP contribution in [0.2, 0.25) is 0 Å². The van der Waals surface area contributed by atoms with E-state index < -0.39 is 0 Å². The minimum atomic E-state index is 0.196. The quantitative estimate of drug-likeness (QED) is 0.489. The fourth-order valence-corrected chi connectivity index (χ4v) is 4.68. The molecular formula is C20H30N4OS. The molecule has 1 unspecified atom stereocenters. The van der Waals surface area contributed by atoms with Crippen molar-refractivity contribution in [2.75, 3.05) is 45.5 Å². The molecule has 0 aromatic heterocycles. The van der Waals surface area contributed by atoms with E-state index in [0.29, 0.717) is 12.5 Å². The zero-order valence-corrected chi connectivity index (χ0v) is 16.5. The predicted octanol–water partition coefficient (Wildman–Crippen LogP) is 2.69. The highest BCUT2D eigenvalue weighted by molar-refractivity contribution is 7.99. The molecule has 1 aromatic rings. The van der Waals surface area contributed by atoms with Crippen LogP contribution in [0.15, 0.2) is 40.2 Å². The molecule has 0 radical (unpaired) electrons. The lowest BCUT2D eigenvalue weighted by molar-refractivity contribution is -0.130. The lowest BCUT2D eigenvalue weighted by Gasteiger charge is -2.28. The number of aliphatic imine (C=N–C) groups is 1. The van der Waals surface area contributed by atoms with E-state index in [1.54, 1.807) is 7.05 Å². The Balaban J connectivity index is 1.41. The van der Waals surface area contributed by atoms with Gasteiger partial charge in [-0.1, -0.05) is 18.2 Å². The molecule has 2 heterocycles. The van der Waals surface area contributed by atoms with E-state index in [0.717, 1.165) is 50.7 Å². The van der Waals surface area contributed by atoms with Gasteiger partial charge in [0.05, 0.1) is 6.54 Å². The van der Waals surface area contributed by atoms with E-state index in [1.807, 2.05) is 16.7 Å². The number of nitrogens with one attached hydrogen (secondary N) is 1. The molecule has 2 aliphatic rings. The zero-order chi connectivity index (χ0) is 18.2. The maximum absolute atomic E-state index is 12.3. The number of nitrogens with zero attached hydrogens (tertiary/aromatic N) is 3. The number of piperidine rings is 1. The topological polar surface area (TPSA) is 47.9 Å². The first-order valence-electron chi connectivity index (χ1n) is 9.67. The van der Waals surface area contributed by atoms with Gasteiger partial charge in [0, 0.05) is 43.9 Å². The monoisotopic (exact) mass is 374 g/mol. The van der Waals surface area contributed by atoms with Gasteiger partial charge in [-0.05, 0) is 43.7 Å². The minimum absolute atomic E-state index is 0.196. The summed E-state index contributed by atoms with van der Waals surface area (Å²) in [5.41, 5.74) is 0. The molecule has 2 saturated heterocycles. The maximum Gasteiger partial charge on any atom is 0.241 e. The normalized spacial score (nSPS) is 21.1. The van der Waals surface area contributed by atoms with Crippen LogP contribution < -0.4 is 5.32 Å². The summed E-state index contributed by atoms with van der Waals surface area (Å²) >= 11 is 1.93. The van der Waals surface area contributed by atoms with Crippen LogP contribution in [0.1, 0.15) is 25.7 Å². The van der Waals surface area contributed by atoms with Gasteiger partial charge < -0.3 is 15.1 Å². The molecule has 1 aromatic carbocycles. The smallest absolute Gasteiger partial charge is 0.241 e. The van der Waals surface area contributed by atoms with Crippen molar-refractivity contribution in [1.29, 1.82) is 0 Å². The van der Waals surface area contributed by atoms with Gasteiger partial charge in [-0.15, -0.1) is 11.8 Å². The fraction of sp³-hybridized carbons (Fsp3) is 0.600. The van der Waals surface area contributed by atoms with Crippen LogP contribution in [0.25, 0.3) is 0 Å². The van der Waals surface area contributed by atoms with Crippen LogP contribution in [0, 0.1) is 5.92 Å². The second-order valence-electron chi connectivity index (χ2n) is 7.07. The summed E-state index contributed by atoms with van der Waals surface area (Å²) in [5, 5.41) is 3.28. The van der Waals surface area contributed by atoms with E-state index in [4.69, 9.17) is 0 Å². The molecule has 6 heteroatoms. The Bertz CT molecular complexity index is 601. The summed E-state index contributed by atoms with van der Waals surface area (Å²) in [7, 11) is 1.81. The first-order valence-corrected chi connectivity index (χ1v) is 10.7. The second-order valence-corrected chi connectivity index (χ2v) is 8.16. The highest BCUT2D eigenvalue weighted by Gasteiger charge is 2.25.